The average Bonchev–Trinajstić information content (AvgIpc) is 2.53. The van der Waals surface area contributed by atoms with E-state index in [-0.39, 0.29) is 24.1 Å². The molecule has 0 saturated heterocycles. The van der Waals surface area contributed by atoms with E-state index < -0.39 is 11.7 Å². The highest BCUT2D eigenvalue weighted by molar-refractivity contribution is 5.96. The summed E-state index contributed by atoms with van der Waals surface area (Å²) in [5.41, 5.74) is 1.16. The normalized spacial score (nSPS) is 11.5. The quantitative estimate of drug-likeness (QED) is 0.891. The van der Waals surface area contributed by atoms with Crippen LogP contribution in [-0.2, 0) is 4.79 Å². The second-order valence-electron chi connectivity index (χ2n) is 4.89. The van der Waals surface area contributed by atoms with E-state index >= 15 is 0 Å². The largest absolute Gasteiger partial charge is 0.348 e. The van der Waals surface area contributed by atoms with Crippen LogP contribution in [0, 0.1) is 5.82 Å². The van der Waals surface area contributed by atoms with E-state index in [9.17, 15) is 14.0 Å². The molecule has 2 amide bonds. The maximum absolute atomic E-state index is 13.0. The Bertz CT molecular complexity index is 659. The molecule has 114 valence electrons. The second kappa shape index (κ2) is 7.36. The fourth-order valence-electron chi connectivity index (χ4n) is 2.01. The molecule has 0 radical (unpaired) electrons. The molecule has 0 aliphatic carbocycles. The van der Waals surface area contributed by atoms with Crippen molar-refractivity contribution in [1.82, 2.24) is 10.6 Å². The fraction of sp³-hybridized carbons (Fsp3) is 0.176. The summed E-state index contributed by atoms with van der Waals surface area (Å²) < 4.78 is 13.0. The molecule has 2 aromatic rings. The van der Waals surface area contributed by atoms with Crippen LogP contribution in [0.3, 0.4) is 0 Å². The summed E-state index contributed by atoms with van der Waals surface area (Å²) in [6.45, 7) is 1.70. The molecule has 0 fully saturated rings. The number of nitrogens with one attached hydrogen (secondary N) is 2. The maximum atomic E-state index is 13.0. The van der Waals surface area contributed by atoms with Crippen molar-refractivity contribution in [3.05, 3.63) is 71.5 Å². The molecule has 0 aromatic heterocycles. The molecule has 0 unspecified atom stereocenters. The van der Waals surface area contributed by atoms with Gasteiger partial charge in [-0.2, -0.15) is 0 Å². The Morgan fingerprint density at radius 1 is 1.09 bits per heavy atom. The van der Waals surface area contributed by atoms with Gasteiger partial charge in [-0.3, -0.25) is 9.59 Å². The summed E-state index contributed by atoms with van der Waals surface area (Å²) >= 11 is 0. The standard InChI is InChI=1S/C17H17FN2O2/c1-12(13-6-3-2-4-7-13)20-16(21)11-19-17(22)14-8-5-9-15(18)10-14/h2-10,12H,11H2,1H3,(H,19,22)(H,20,21)/t12-/m0/s1. The van der Waals surface area contributed by atoms with Gasteiger partial charge >= 0.3 is 0 Å². The van der Waals surface area contributed by atoms with E-state index in [1.165, 1.54) is 18.2 Å². The zero-order valence-electron chi connectivity index (χ0n) is 12.2. The Labute approximate surface area is 128 Å². The molecule has 0 heterocycles. The number of benzene rings is 2. The summed E-state index contributed by atoms with van der Waals surface area (Å²) in [5.74, 6) is -1.28. The molecule has 0 aliphatic heterocycles. The van der Waals surface area contributed by atoms with Gasteiger partial charge in [-0.25, -0.2) is 4.39 Å². The first-order chi connectivity index (χ1) is 10.6. The minimum absolute atomic E-state index is 0.153. The monoisotopic (exact) mass is 300 g/mol. The lowest BCUT2D eigenvalue weighted by atomic mass is 10.1. The van der Waals surface area contributed by atoms with Crippen LogP contribution in [0.1, 0.15) is 28.9 Å². The Balaban J connectivity index is 1.84. The van der Waals surface area contributed by atoms with Crippen molar-refractivity contribution in [3.63, 3.8) is 0 Å². The van der Waals surface area contributed by atoms with Gasteiger partial charge in [0.1, 0.15) is 5.82 Å². The first-order valence-corrected chi connectivity index (χ1v) is 6.94. The maximum Gasteiger partial charge on any atom is 0.251 e. The van der Waals surface area contributed by atoms with Gasteiger partial charge < -0.3 is 10.6 Å². The molecule has 0 saturated carbocycles. The molecule has 2 N–H and O–H groups in total. The minimum Gasteiger partial charge on any atom is -0.348 e. The van der Waals surface area contributed by atoms with Crippen LogP contribution < -0.4 is 10.6 Å². The van der Waals surface area contributed by atoms with E-state index in [1.807, 2.05) is 37.3 Å². The SMILES string of the molecule is C[C@H](NC(=O)CNC(=O)c1cccc(F)c1)c1ccccc1. The highest BCUT2D eigenvalue weighted by Gasteiger charge is 2.11. The number of halogens is 1. The molecule has 22 heavy (non-hydrogen) atoms. The van der Waals surface area contributed by atoms with E-state index in [4.69, 9.17) is 0 Å². The van der Waals surface area contributed by atoms with Gasteiger partial charge in [0.05, 0.1) is 12.6 Å². The summed E-state index contributed by atoms with van der Waals surface area (Å²) in [4.78, 5) is 23.6. The third kappa shape index (κ3) is 4.41. The predicted molar refractivity (Wildman–Crippen MR) is 81.7 cm³/mol. The number of amides is 2. The van der Waals surface area contributed by atoms with Crippen molar-refractivity contribution in [2.45, 2.75) is 13.0 Å². The Kier molecular flexibility index (Phi) is 5.25. The molecule has 0 bridgehead atoms. The first-order valence-electron chi connectivity index (χ1n) is 6.94. The van der Waals surface area contributed by atoms with Crippen molar-refractivity contribution in [3.8, 4) is 0 Å². The summed E-state index contributed by atoms with van der Waals surface area (Å²) in [6.07, 6.45) is 0. The third-order valence-corrected chi connectivity index (χ3v) is 3.17. The Morgan fingerprint density at radius 3 is 2.50 bits per heavy atom. The number of carbonyl (C=O) groups is 2. The summed E-state index contributed by atoms with van der Waals surface area (Å²) in [5, 5.41) is 5.25. The van der Waals surface area contributed by atoms with Gasteiger partial charge in [0, 0.05) is 5.56 Å². The van der Waals surface area contributed by atoms with Crippen LogP contribution >= 0.6 is 0 Å². The average molecular weight is 300 g/mol. The van der Waals surface area contributed by atoms with Gasteiger partial charge in [0.15, 0.2) is 0 Å². The smallest absolute Gasteiger partial charge is 0.251 e. The van der Waals surface area contributed by atoms with E-state index in [1.54, 1.807) is 0 Å². The van der Waals surface area contributed by atoms with Crippen molar-refractivity contribution in [2.24, 2.45) is 0 Å². The molecule has 5 heteroatoms. The first kappa shape index (κ1) is 15.7. The Morgan fingerprint density at radius 2 is 1.82 bits per heavy atom. The number of hydrogen-bond acceptors (Lipinski definition) is 2. The third-order valence-electron chi connectivity index (χ3n) is 3.17. The Hall–Kier alpha value is -2.69. The molecule has 2 aromatic carbocycles. The van der Waals surface area contributed by atoms with Crippen LogP contribution in [0.4, 0.5) is 4.39 Å². The van der Waals surface area contributed by atoms with Gasteiger partial charge in [-0.15, -0.1) is 0 Å². The lowest BCUT2D eigenvalue weighted by Crippen LogP contribution is -2.38. The summed E-state index contributed by atoms with van der Waals surface area (Å²) in [7, 11) is 0. The van der Waals surface area contributed by atoms with Crippen LogP contribution in [0.15, 0.2) is 54.6 Å². The van der Waals surface area contributed by atoms with Crippen LogP contribution in [-0.4, -0.2) is 18.4 Å². The van der Waals surface area contributed by atoms with Gasteiger partial charge in [0.25, 0.3) is 5.91 Å². The van der Waals surface area contributed by atoms with E-state index in [2.05, 4.69) is 10.6 Å². The number of carbonyl (C=O) groups excluding carboxylic acids is 2. The van der Waals surface area contributed by atoms with Crippen LogP contribution in [0.2, 0.25) is 0 Å². The van der Waals surface area contributed by atoms with Crippen molar-refractivity contribution in [1.29, 1.82) is 0 Å². The van der Waals surface area contributed by atoms with Gasteiger partial charge in [-0.05, 0) is 30.7 Å². The number of rotatable bonds is 5. The van der Waals surface area contributed by atoms with Crippen LogP contribution in [0.5, 0.6) is 0 Å². The van der Waals surface area contributed by atoms with Crippen molar-refractivity contribution in [2.75, 3.05) is 6.54 Å². The zero-order valence-corrected chi connectivity index (χ0v) is 12.2. The fourth-order valence-corrected chi connectivity index (χ4v) is 2.01. The second-order valence-corrected chi connectivity index (χ2v) is 4.89. The minimum atomic E-state index is -0.491. The lowest BCUT2D eigenvalue weighted by Gasteiger charge is -2.14. The predicted octanol–water partition coefficient (Wildman–Crippen LogP) is 2.43. The highest BCUT2D eigenvalue weighted by Crippen LogP contribution is 2.10. The van der Waals surface area contributed by atoms with Gasteiger partial charge in [0.2, 0.25) is 5.91 Å². The molecule has 0 spiro atoms. The summed E-state index contributed by atoms with van der Waals surface area (Å²) in [6, 6.07) is 14.7. The van der Waals surface area contributed by atoms with Crippen molar-refractivity contribution >= 4 is 11.8 Å². The topological polar surface area (TPSA) is 58.2 Å². The van der Waals surface area contributed by atoms with E-state index in [0.29, 0.717) is 0 Å². The molecule has 0 aliphatic rings. The van der Waals surface area contributed by atoms with E-state index in [0.717, 1.165) is 11.6 Å². The highest BCUT2D eigenvalue weighted by atomic mass is 19.1. The lowest BCUT2D eigenvalue weighted by molar-refractivity contribution is -0.120. The van der Waals surface area contributed by atoms with Crippen molar-refractivity contribution < 1.29 is 14.0 Å². The van der Waals surface area contributed by atoms with Crippen LogP contribution in [0.25, 0.3) is 0 Å². The molecule has 4 nitrogen and oxygen atoms in total. The molecule has 1 atom stereocenters. The number of hydrogen-bond donors (Lipinski definition) is 2. The zero-order chi connectivity index (χ0) is 15.9. The molecular formula is C17H17FN2O2. The molecule has 2 rings (SSSR count). The molecular weight excluding hydrogens is 283 g/mol. The van der Waals surface area contributed by atoms with Gasteiger partial charge in [-0.1, -0.05) is 36.4 Å².